The number of nitrogens with zero attached hydrogens (tertiary/aromatic N) is 1. The van der Waals surface area contributed by atoms with Crippen LogP contribution in [-0.2, 0) is 10.0 Å². The summed E-state index contributed by atoms with van der Waals surface area (Å²) in [4.78, 5) is 14.1. The zero-order valence-electron chi connectivity index (χ0n) is 14.4. The minimum absolute atomic E-state index is 0.0403. The van der Waals surface area contributed by atoms with Gasteiger partial charge in [0.2, 0.25) is 10.0 Å². The fourth-order valence-corrected chi connectivity index (χ4v) is 3.34. The number of amides is 1. The van der Waals surface area contributed by atoms with Crippen molar-refractivity contribution in [2.24, 2.45) is 0 Å². The third kappa shape index (κ3) is 4.48. The highest BCUT2D eigenvalue weighted by Gasteiger charge is 2.21. The van der Waals surface area contributed by atoms with Gasteiger partial charge >= 0.3 is 0 Å². The van der Waals surface area contributed by atoms with Crippen LogP contribution in [0.25, 0.3) is 0 Å². The van der Waals surface area contributed by atoms with Crippen LogP contribution < -0.4 is 4.72 Å². The molecule has 0 bridgehead atoms. The molecular weight excluding hydrogens is 355 g/mol. The summed E-state index contributed by atoms with van der Waals surface area (Å²) in [6.07, 6.45) is 5.07. The Labute approximate surface area is 152 Å². The van der Waals surface area contributed by atoms with Crippen LogP contribution in [0.4, 0.5) is 4.39 Å². The van der Waals surface area contributed by atoms with Gasteiger partial charge in [-0.2, -0.15) is 4.72 Å². The van der Waals surface area contributed by atoms with Crippen LogP contribution in [0, 0.1) is 18.2 Å². The van der Waals surface area contributed by atoms with Gasteiger partial charge in [0.05, 0.1) is 17.5 Å². The fraction of sp³-hybridized carbons (Fsp3) is 0.211. The summed E-state index contributed by atoms with van der Waals surface area (Å²) in [5.41, 5.74) is 0.992. The standard InChI is InChI=1S/C19H19FN2O3S/c1-4-12-21-26(24,25)18-7-5-6-16(13-18)19(23)22(3)14(2)15-8-10-17(20)11-9-15/h1,5-11,13-14,21H,12H2,2-3H3. The number of halogens is 1. The lowest BCUT2D eigenvalue weighted by Gasteiger charge is -2.25. The van der Waals surface area contributed by atoms with Gasteiger partial charge in [0.1, 0.15) is 5.82 Å². The lowest BCUT2D eigenvalue weighted by atomic mass is 10.1. The van der Waals surface area contributed by atoms with Crippen LogP contribution >= 0.6 is 0 Å². The molecule has 26 heavy (non-hydrogen) atoms. The predicted molar refractivity (Wildman–Crippen MR) is 97.4 cm³/mol. The molecule has 0 saturated heterocycles. The van der Waals surface area contributed by atoms with E-state index in [1.54, 1.807) is 26.1 Å². The lowest BCUT2D eigenvalue weighted by molar-refractivity contribution is 0.0742. The molecule has 1 unspecified atom stereocenters. The Morgan fingerprint density at radius 3 is 2.54 bits per heavy atom. The van der Waals surface area contributed by atoms with Gasteiger partial charge in [-0.1, -0.05) is 24.1 Å². The SMILES string of the molecule is C#CCNS(=O)(=O)c1cccc(C(=O)N(C)C(C)c2ccc(F)cc2)c1. The van der Waals surface area contributed by atoms with E-state index in [0.717, 1.165) is 5.56 Å². The molecule has 136 valence electrons. The van der Waals surface area contributed by atoms with E-state index in [1.807, 2.05) is 0 Å². The molecule has 0 heterocycles. The van der Waals surface area contributed by atoms with Crippen LogP contribution in [0.5, 0.6) is 0 Å². The number of sulfonamides is 1. The summed E-state index contributed by atoms with van der Waals surface area (Å²) >= 11 is 0. The Morgan fingerprint density at radius 1 is 1.27 bits per heavy atom. The molecule has 0 saturated carbocycles. The first kappa shape index (κ1) is 19.6. The van der Waals surface area contributed by atoms with E-state index in [-0.39, 0.29) is 34.8 Å². The monoisotopic (exact) mass is 374 g/mol. The zero-order chi connectivity index (χ0) is 19.3. The Morgan fingerprint density at radius 2 is 1.92 bits per heavy atom. The topological polar surface area (TPSA) is 66.5 Å². The molecule has 0 aliphatic carbocycles. The van der Waals surface area contributed by atoms with Crippen molar-refractivity contribution in [1.29, 1.82) is 0 Å². The molecular formula is C19H19FN2O3S. The van der Waals surface area contributed by atoms with E-state index in [0.29, 0.717) is 0 Å². The first-order valence-electron chi connectivity index (χ1n) is 7.82. The minimum Gasteiger partial charge on any atom is -0.335 e. The molecule has 2 aromatic carbocycles. The van der Waals surface area contributed by atoms with Crippen molar-refractivity contribution in [2.45, 2.75) is 17.9 Å². The summed E-state index contributed by atoms with van der Waals surface area (Å²) < 4.78 is 39.6. The van der Waals surface area contributed by atoms with Crippen molar-refractivity contribution in [1.82, 2.24) is 9.62 Å². The van der Waals surface area contributed by atoms with Crippen LogP contribution in [0.15, 0.2) is 53.4 Å². The van der Waals surface area contributed by atoms with E-state index in [9.17, 15) is 17.6 Å². The number of hydrogen-bond acceptors (Lipinski definition) is 3. The summed E-state index contributed by atoms with van der Waals surface area (Å²) in [7, 11) is -2.18. The van der Waals surface area contributed by atoms with E-state index in [1.165, 1.54) is 41.3 Å². The van der Waals surface area contributed by atoms with Crippen LogP contribution in [0.2, 0.25) is 0 Å². The molecule has 1 atom stereocenters. The third-order valence-electron chi connectivity index (χ3n) is 4.01. The molecule has 0 aromatic heterocycles. The molecule has 0 aliphatic heterocycles. The van der Waals surface area contributed by atoms with Gasteiger partial charge in [0.25, 0.3) is 5.91 Å². The molecule has 0 fully saturated rings. The lowest BCUT2D eigenvalue weighted by Crippen LogP contribution is -2.30. The molecule has 1 amide bonds. The maximum absolute atomic E-state index is 13.1. The van der Waals surface area contributed by atoms with Crippen molar-refractivity contribution < 1.29 is 17.6 Å². The van der Waals surface area contributed by atoms with Crippen molar-refractivity contribution in [3.63, 3.8) is 0 Å². The molecule has 1 N–H and O–H groups in total. The summed E-state index contributed by atoms with van der Waals surface area (Å²) in [5, 5.41) is 0. The second-order valence-corrected chi connectivity index (χ2v) is 7.47. The maximum Gasteiger partial charge on any atom is 0.254 e. The summed E-state index contributed by atoms with van der Waals surface area (Å²) in [6.45, 7) is 1.67. The molecule has 0 spiro atoms. The molecule has 0 aliphatic rings. The number of benzene rings is 2. The average Bonchev–Trinajstić information content (AvgIpc) is 2.65. The third-order valence-corrected chi connectivity index (χ3v) is 5.41. The van der Waals surface area contributed by atoms with E-state index >= 15 is 0 Å². The Kier molecular flexibility index (Phi) is 6.14. The molecule has 5 nitrogen and oxygen atoms in total. The number of nitrogens with one attached hydrogen (secondary N) is 1. The van der Waals surface area contributed by atoms with Gasteiger partial charge in [-0.25, -0.2) is 12.8 Å². The molecule has 2 rings (SSSR count). The molecule has 0 radical (unpaired) electrons. The first-order chi connectivity index (χ1) is 12.3. The average molecular weight is 374 g/mol. The predicted octanol–water partition coefficient (Wildman–Crippen LogP) is 2.57. The molecule has 2 aromatic rings. The van der Waals surface area contributed by atoms with Crippen molar-refractivity contribution in [3.8, 4) is 12.3 Å². The number of terminal acetylenes is 1. The minimum atomic E-state index is -3.79. The number of rotatable bonds is 6. The first-order valence-corrected chi connectivity index (χ1v) is 9.30. The van der Waals surface area contributed by atoms with Gasteiger partial charge < -0.3 is 4.90 Å². The molecule has 7 heteroatoms. The smallest absolute Gasteiger partial charge is 0.254 e. The van der Waals surface area contributed by atoms with Gasteiger partial charge in [-0.15, -0.1) is 6.42 Å². The van der Waals surface area contributed by atoms with Crippen molar-refractivity contribution >= 4 is 15.9 Å². The van der Waals surface area contributed by atoms with Crippen molar-refractivity contribution in [3.05, 3.63) is 65.5 Å². The maximum atomic E-state index is 13.1. The van der Waals surface area contributed by atoms with Crippen LogP contribution in [0.1, 0.15) is 28.9 Å². The summed E-state index contributed by atoms with van der Waals surface area (Å²) in [5.74, 6) is 1.49. The van der Waals surface area contributed by atoms with Crippen LogP contribution in [0.3, 0.4) is 0 Å². The van der Waals surface area contributed by atoms with Crippen molar-refractivity contribution in [2.75, 3.05) is 13.6 Å². The zero-order valence-corrected chi connectivity index (χ0v) is 15.3. The van der Waals surface area contributed by atoms with E-state index in [4.69, 9.17) is 6.42 Å². The van der Waals surface area contributed by atoms with Gasteiger partial charge in [-0.05, 0) is 42.8 Å². The second kappa shape index (κ2) is 8.13. The normalized spacial score (nSPS) is 12.2. The van der Waals surface area contributed by atoms with E-state index < -0.39 is 10.0 Å². The second-order valence-electron chi connectivity index (χ2n) is 5.70. The summed E-state index contributed by atoms with van der Waals surface area (Å²) in [6, 6.07) is 11.3. The quantitative estimate of drug-likeness (QED) is 0.791. The van der Waals surface area contributed by atoms with Crippen LogP contribution in [-0.4, -0.2) is 32.8 Å². The largest absolute Gasteiger partial charge is 0.335 e. The fourth-order valence-electron chi connectivity index (χ4n) is 2.36. The van der Waals surface area contributed by atoms with Gasteiger partial charge in [0.15, 0.2) is 0 Å². The Bertz CT molecular complexity index is 934. The van der Waals surface area contributed by atoms with Gasteiger partial charge in [0, 0.05) is 12.6 Å². The highest BCUT2D eigenvalue weighted by atomic mass is 32.2. The van der Waals surface area contributed by atoms with Gasteiger partial charge in [-0.3, -0.25) is 4.79 Å². The Balaban J connectivity index is 2.25. The number of hydrogen-bond donors (Lipinski definition) is 1. The Hall–Kier alpha value is -2.69. The van der Waals surface area contributed by atoms with E-state index in [2.05, 4.69) is 10.6 Å². The highest BCUT2D eigenvalue weighted by molar-refractivity contribution is 7.89. The highest BCUT2D eigenvalue weighted by Crippen LogP contribution is 2.22. The number of carbonyl (C=O) groups is 1. The number of carbonyl (C=O) groups excluding carboxylic acids is 1.